The van der Waals surface area contributed by atoms with Crippen molar-refractivity contribution in [2.75, 3.05) is 0 Å². The Morgan fingerprint density at radius 3 is 1.06 bits per heavy atom. The molecule has 18 heavy (non-hydrogen) atoms. The van der Waals surface area contributed by atoms with Gasteiger partial charge in [0.05, 0.1) is 13.2 Å². The maximum atomic E-state index is 8.54. The van der Waals surface area contributed by atoms with Crippen LogP contribution in [0.15, 0.2) is 60.7 Å². The third-order valence-corrected chi connectivity index (χ3v) is 2.05. The van der Waals surface area contributed by atoms with Gasteiger partial charge in [-0.05, 0) is 11.1 Å². The zero-order chi connectivity index (χ0) is 11.6. The van der Waals surface area contributed by atoms with Crippen molar-refractivity contribution in [2.24, 2.45) is 0 Å². The summed E-state index contributed by atoms with van der Waals surface area (Å²) in [6.45, 7) is 0.279. The summed E-state index contributed by atoms with van der Waals surface area (Å²) in [6.07, 6.45) is 0. The minimum Gasteiger partial charge on any atom is -0.392 e. The minimum atomic E-state index is 0. The molecule has 2 nitrogen and oxygen atoms in total. The molecule has 3 heteroatoms. The van der Waals surface area contributed by atoms with E-state index in [1.54, 1.807) is 0 Å². The molecule has 0 aromatic heterocycles. The summed E-state index contributed by atoms with van der Waals surface area (Å²) in [6, 6.07) is 19.0. The molecule has 0 heterocycles. The van der Waals surface area contributed by atoms with Crippen LogP contribution in [-0.4, -0.2) is 10.2 Å². The summed E-state index contributed by atoms with van der Waals surface area (Å²) in [5, 5.41) is 17.1. The second-order valence-electron chi connectivity index (χ2n) is 3.29. The predicted molar refractivity (Wildman–Crippen MR) is 71.1 cm³/mol. The predicted octanol–water partition coefficient (Wildman–Crippen LogP) is 2.81. The average Bonchev–Trinajstić information content (AvgIpc) is 2.41. The number of aliphatic hydroxyl groups is 2. The van der Waals surface area contributed by atoms with Gasteiger partial charge in [-0.15, -0.1) is 0 Å². The summed E-state index contributed by atoms with van der Waals surface area (Å²) < 4.78 is 0. The molecule has 2 aromatic rings. The standard InChI is InChI=1S/2C7H8O.CH3.Ti/c2*8-6-7-4-2-1-3-5-7;;/h2*1-5,8H,6H2;1H3;/q;;-1;. The number of aliphatic hydroxyl groups excluding tert-OH is 2. The third-order valence-electron chi connectivity index (χ3n) is 2.05. The van der Waals surface area contributed by atoms with Crippen molar-refractivity contribution < 1.29 is 31.9 Å². The summed E-state index contributed by atoms with van der Waals surface area (Å²) >= 11 is 0. The molecule has 0 atom stereocenters. The first-order valence-electron chi connectivity index (χ1n) is 5.16. The van der Waals surface area contributed by atoms with E-state index in [-0.39, 0.29) is 42.4 Å². The first kappa shape index (κ1) is 19.4. The van der Waals surface area contributed by atoms with Gasteiger partial charge in [0.25, 0.3) is 0 Å². The van der Waals surface area contributed by atoms with Crippen molar-refractivity contribution >= 4 is 0 Å². The summed E-state index contributed by atoms with van der Waals surface area (Å²) in [7, 11) is 0. The zero-order valence-electron chi connectivity index (χ0n) is 10.6. The fourth-order valence-corrected chi connectivity index (χ4v) is 1.17. The monoisotopic (exact) mass is 279 g/mol. The average molecular weight is 279 g/mol. The van der Waals surface area contributed by atoms with Crippen molar-refractivity contribution in [3.63, 3.8) is 0 Å². The molecule has 2 aromatic carbocycles. The smallest absolute Gasteiger partial charge is 0.0681 e. The maximum Gasteiger partial charge on any atom is 0.0681 e. The van der Waals surface area contributed by atoms with Crippen LogP contribution < -0.4 is 0 Å². The molecule has 0 radical (unpaired) electrons. The van der Waals surface area contributed by atoms with E-state index in [2.05, 4.69) is 0 Å². The SMILES string of the molecule is OCc1ccccc1.OCc1ccccc1.[CH3-].[Ti]. The molecular weight excluding hydrogens is 260 g/mol. The summed E-state index contributed by atoms with van der Waals surface area (Å²) in [5.41, 5.74) is 1.93. The maximum absolute atomic E-state index is 8.54. The molecule has 0 aliphatic heterocycles. The molecule has 2 N–H and O–H groups in total. The quantitative estimate of drug-likeness (QED) is 0.655. The zero-order valence-corrected chi connectivity index (χ0v) is 12.1. The Morgan fingerprint density at radius 2 is 0.889 bits per heavy atom. The van der Waals surface area contributed by atoms with Crippen molar-refractivity contribution in [3.05, 3.63) is 79.2 Å². The molecule has 0 saturated heterocycles. The molecule has 0 unspecified atom stereocenters. The summed E-state index contributed by atoms with van der Waals surface area (Å²) in [5.74, 6) is 0. The van der Waals surface area contributed by atoms with Crippen LogP contribution >= 0.6 is 0 Å². The number of benzene rings is 2. The molecular formula is C15H19O2Ti-. The van der Waals surface area contributed by atoms with Crippen LogP contribution in [0, 0.1) is 7.43 Å². The largest absolute Gasteiger partial charge is 0.392 e. The van der Waals surface area contributed by atoms with E-state index in [0.717, 1.165) is 11.1 Å². The van der Waals surface area contributed by atoms with Crippen molar-refractivity contribution in [1.29, 1.82) is 0 Å². The second kappa shape index (κ2) is 12.5. The Bertz CT molecular complexity index is 337. The van der Waals surface area contributed by atoms with Crippen LogP contribution in [0.25, 0.3) is 0 Å². The topological polar surface area (TPSA) is 40.5 Å². The number of rotatable bonds is 2. The van der Waals surface area contributed by atoms with Gasteiger partial charge in [-0.25, -0.2) is 0 Å². The van der Waals surface area contributed by atoms with E-state index in [0.29, 0.717) is 0 Å². The third kappa shape index (κ3) is 8.21. The van der Waals surface area contributed by atoms with Gasteiger partial charge in [-0.1, -0.05) is 60.7 Å². The van der Waals surface area contributed by atoms with E-state index in [9.17, 15) is 0 Å². The molecule has 0 saturated carbocycles. The van der Waals surface area contributed by atoms with E-state index in [1.807, 2.05) is 60.7 Å². The van der Waals surface area contributed by atoms with Crippen LogP contribution in [0.3, 0.4) is 0 Å². The summed E-state index contributed by atoms with van der Waals surface area (Å²) in [4.78, 5) is 0. The fourth-order valence-electron chi connectivity index (χ4n) is 1.17. The number of hydrogen-bond donors (Lipinski definition) is 2. The van der Waals surface area contributed by atoms with Gasteiger partial charge in [-0.3, -0.25) is 0 Å². The normalized spacial score (nSPS) is 8.11. The Hall–Kier alpha value is -0.926. The Balaban J connectivity index is 0. The molecule has 0 aliphatic rings. The van der Waals surface area contributed by atoms with Gasteiger partial charge in [0.2, 0.25) is 0 Å². The Kier molecular flexibility index (Phi) is 13.5. The van der Waals surface area contributed by atoms with Crippen LogP contribution in [0.5, 0.6) is 0 Å². The molecule has 0 spiro atoms. The number of hydrogen-bond acceptors (Lipinski definition) is 2. The molecule has 0 bridgehead atoms. The second-order valence-corrected chi connectivity index (χ2v) is 3.29. The first-order chi connectivity index (χ1) is 7.86. The van der Waals surface area contributed by atoms with Crippen molar-refractivity contribution in [1.82, 2.24) is 0 Å². The van der Waals surface area contributed by atoms with Crippen molar-refractivity contribution in [2.45, 2.75) is 13.2 Å². The fraction of sp³-hybridized carbons (Fsp3) is 0.133. The van der Waals surface area contributed by atoms with Gasteiger partial charge in [-0.2, -0.15) is 0 Å². The van der Waals surface area contributed by atoms with Crippen LogP contribution in [0.2, 0.25) is 0 Å². The van der Waals surface area contributed by atoms with E-state index < -0.39 is 0 Å². The van der Waals surface area contributed by atoms with Gasteiger partial charge in [0.15, 0.2) is 0 Å². The van der Waals surface area contributed by atoms with Gasteiger partial charge in [0, 0.05) is 21.7 Å². The molecule has 0 fully saturated rings. The molecule has 96 valence electrons. The van der Waals surface area contributed by atoms with Gasteiger partial charge in [0.1, 0.15) is 0 Å². The van der Waals surface area contributed by atoms with E-state index in [4.69, 9.17) is 10.2 Å². The van der Waals surface area contributed by atoms with Crippen LogP contribution in [0.1, 0.15) is 11.1 Å². The Labute approximate surface area is 124 Å². The van der Waals surface area contributed by atoms with Gasteiger partial charge < -0.3 is 17.6 Å². The van der Waals surface area contributed by atoms with E-state index in [1.165, 1.54) is 0 Å². The van der Waals surface area contributed by atoms with Crippen LogP contribution in [0.4, 0.5) is 0 Å². The van der Waals surface area contributed by atoms with Crippen molar-refractivity contribution in [3.8, 4) is 0 Å². The van der Waals surface area contributed by atoms with Gasteiger partial charge >= 0.3 is 0 Å². The first-order valence-corrected chi connectivity index (χ1v) is 5.16. The molecule has 0 amide bonds. The van der Waals surface area contributed by atoms with Crippen LogP contribution in [-0.2, 0) is 34.9 Å². The Morgan fingerprint density at radius 1 is 0.611 bits per heavy atom. The molecule has 2 rings (SSSR count). The van der Waals surface area contributed by atoms with E-state index >= 15 is 0 Å². The molecule has 0 aliphatic carbocycles. The minimum absolute atomic E-state index is 0.